The summed E-state index contributed by atoms with van der Waals surface area (Å²) in [5, 5.41) is 6.46. The lowest BCUT2D eigenvalue weighted by Crippen LogP contribution is -2.26. The molecule has 0 radical (unpaired) electrons. The van der Waals surface area contributed by atoms with Gasteiger partial charge in [0.05, 0.1) is 5.56 Å². The van der Waals surface area contributed by atoms with Gasteiger partial charge in [-0.25, -0.2) is 0 Å². The van der Waals surface area contributed by atoms with Crippen LogP contribution in [0.2, 0.25) is 0 Å². The molecular formula is C7H10FN3O. The number of rotatable bonds is 1. The second-order valence-electron chi connectivity index (χ2n) is 3.05. The lowest BCUT2D eigenvalue weighted by molar-refractivity contribution is -0.0137. The monoisotopic (exact) mass is 171 g/mol. The van der Waals surface area contributed by atoms with E-state index in [9.17, 15) is 4.53 Å². The molecule has 1 aromatic heterocycles. The second kappa shape index (κ2) is 2.75. The molecule has 0 aromatic carbocycles. The van der Waals surface area contributed by atoms with Crippen LogP contribution in [0.5, 0.6) is 5.88 Å². The molecule has 0 aliphatic carbocycles. The van der Waals surface area contributed by atoms with E-state index in [1.807, 2.05) is 7.05 Å². The van der Waals surface area contributed by atoms with E-state index >= 15 is 0 Å². The highest BCUT2D eigenvalue weighted by atomic mass is 19.3. The first kappa shape index (κ1) is 7.54. The van der Waals surface area contributed by atoms with Gasteiger partial charge in [-0.3, -0.25) is 10.0 Å². The van der Waals surface area contributed by atoms with Crippen molar-refractivity contribution < 1.29 is 9.47 Å². The Morgan fingerprint density at radius 3 is 3.25 bits per heavy atom. The molecule has 4 nitrogen and oxygen atoms in total. The summed E-state index contributed by atoms with van der Waals surface area (Å²) in [5.41, 5.74) is 1.83. The summed E-state index contributed by atoms with van der Waals surface area (Å²) in [5.74, 6) is 0.0801. The van der Waals surface area contributed by atoms with Crippen molar-refractivity contribution in [2.75, 3.05) is 13.6 Å². The third-order valence-electron chi connectivity index (χ3n) is 2.16. The maximum Gasteiger partial charge on any atom is 0.285 e. The van der Waals surface area contributed by atoms with Crippen LogP contribution in [-0.2, 0) is 13.0 Å². The van der Waals surface area contributed by atoms with E-state index in [2.05, 4.69) is 20.0 Å². The summed E-state index contributed by atoms with van der Waals surface area (Å²) >= 11 is 0. The van der Waals surface area contributed by atoms with Crippen molar-refractivity contribution in [3.05, 3.63) is 11.3 Å². The van der Waals surface area contributed by atoms with Gasteiger partial charge in [0, 0.05) is 29.7 Å². The number of H-pyrrole nitrogens is 1. The van der Waals surface area contributed by atoms with Crippen LogP contribution in [-0.4, -0.2) is 28.7 Å². The number of likely N-dealkylation sites (N-methyl/N-ethyl adjacent to an activating group) is 1. The van der Waals surface area contributed by atoms with Gasteiger partial charge < -0.3 is 4.90 Å². The van der Waals surface area contributed by atoms with Crippen LogP contribution in [0, 0.1) is 0 Å². The fraction of sp³-hybridized carbons (Fsp3) is 0.571. The van der Waals surface area contributed by atoms with Gasteiger partial charge in [0.1, 0.15) is 0 Å². The number of fused-ring (bicyclic) bond motifs is 1. The zero-order valence-electron chi connectivity index (χ0n) is 6.80. The van der Waals surface area contributed by atoms with E-state index in [1.165, 1.54) is 0 Å². The molecule has 0 saturated carbocycles. The minimum atomic E-state index is 0.0801. The maximum absolute atomic E-state index is 11.9. The lowest BCUT2D eigenvalue weighted by Gasteiger charge is -2.21. The van der Waals surface area contributed by atoms with E-state index < -0.39 is 0 Å². The van der Waals surface area contributed by atoms with Crippen molar-refractivity contribution >= 4 is 0 Å². The second-order valence-corrected chi connectivity index (χ2v) is 3.05. The molecule has 0 atom stereocenters. The Morgan fingerprint density at radius 2 is 2.50 bits per heavy atom. The Morgan fingerprint density at radius 1 is 1.67 bits per heavy atom. The SMILES string of the molecule is CN1CCc2[nH]nc(OF)c2C1. The maximum atomic E-state index is 11.9. The van der Waals surface area contributed by atoms with Crippen LogP contribution in [0.3, 0.4) is 0 Å². The zero-order valence-corrected chi connectivity index (χ0v) is 6.80. The van der Waals surface area contributed by atoms with Crippen LogP contribution in [0.4, 0.5) is 4.53 Å². The van der Waals surface area contributed by atoms with Gasteiger partial charge in [-0.2, -0.15) is 0 Å². The highest BCUT2D eigenvalue weighted by molar-refractivity contribution is 5.31. The minimum Gasteiger partial charge on any atom is -0.301 e. The van der Waals surface area contributed by atoms with E-state index in [-0.39, 0.29) is 5.88 Å². The van der Waals surface area contributed by atoms with E-state index in [0.29, 0.717) is 6.54 Å². The molecule has 1 aliphatic rings. The number of hydrogen-bond acceptors (Lipinski definition) is 3. The summed E-state index contributed by atoms with van der Waals surface area (Å²) in [6.45, 7) is 1.67. The normalized spacial score (nSPS) is 17.5. The predicted molar refractivity (Wildman–Crippen MR) is 40.4 cm³/mol. The Labute approximate surface area is 69.2 Å². The molecule has 0 amide bonds. The highest BCUT2D eigenvalue weighted by Gasteiger charge is 2.21. The molecule has 1 N–H and O–H groups in total. The summed E-state index contributed by atoms with van der Waals surface area (Å²) in [7, 11) is 1.98. The molecule has 5 heteroatoms. The van der Waals surface area contributed by atoms with Crippen molar-refractivity contribution in [2.45, 2.75) is 13.0 Å². The first-order valence-corrected chi connectivity index (χ1v) is 3.84. The number of nitrogens with one attached hydrogen (secondary N) is 1. The van der Waals surface area contributed by atoms with Crippen LogP contribution >= 0.6 is 0 Å². The van der Waals surface area contributed by atoms with Gasteiger partial charge >= 0.3 is 0 Å². The van der Waals surface area contributed by atoms with Gasteiger partial charge in [-0.15, -0.1) is 5.10 Å². The van der Waals surface area contributed by atoms with Crippen molar-refractivity contribution in [2.24, 2.45) is 0 Å². The third-order valence-corrected chi connectivity index (χ3v) is 2.16. The topological polar surface area (TPSA) is 41.2 Å². The fourth-order valence-corrected chi connectivity index (χ4v) is 1.47. The van der Waals surface area contributed by atoms with Crippen molar-refractivity contribution in [3.63, 3.8) is 0 Å². The van der Waals surface area contributed by atoms with Crippen molar-refractivity contribution in [1.29, 1.82) is 0 Å². The lowest BCUT2D eigenvalue weighted by atomic mass is 10.1. The van der Waals surface area contributed by atoms with Crippen LogP contribution in [0.25, 0.3) is 0 Å². The molecule has 2 heterocycles. The molecule has 2 rings (SSSR count). The first-order valence-electron chi connectivity index (χ1n) is 3.84. The fourth-order valence-electron chi connectivity index (χ4n) is 1.47. The first-order chi connectivity index (χ1) is 5.81. The van der Waals surface area contributed by atoms with Crippen LogP contribution in [0.1, 0.15) is 11.3 Å². The number of aromatic amines is 1. The van der Waals surface area contributed by atoms with Gasteiger partial charge in [0.2, 0.25) is 0 Å². The van der Waals surface area contributed by atoms with Crippen LogP contribution < -0.4 is 4.94 Å². The predicted octanol–water partition coefficient (Wildman–Crippen LogP) is 0.661. The Balaban J connectivity index is 2.34. The van der Waals surface area contributed by atoms with E-state index in [4.69, 9.17) is 0 Å². The summed E-state index contributed by atoms with van der Waals surface area (Å²) < 4.78 is 11.9. The van der Waals surface area contributed by atoms with Crippen LogP contribution in [0.15, 0.2) is 0 Å². The van der Waals surface area contributed by atoms with Crippen molar-refractivity contribution in [1.82, 2.24) is 15.1 Å². The minimum absolute atomic E-state index is 0.0801. The average molecular weight is 171 g/mol. The standard InChI is InChI=1S/C7H10FN3O/c1-11-3-2-6-5(4-11)7(12-8)10-9-6/h2-4H2,1H3,(H,9,10). The molecule has 12 heavy (non-hydrogen) atoms. The van der Waals surface area contributed by atoms with Gasteiger partial charge in [-0.1, -0.05) is 0 Å². The molecule has 1 aromatic rings. The summed E-state index contributed by atoms with van der Waals surface area (Å²) in [4.78, 5) is 5.73. The Kier molecular flexibility index (Phi) is 1.73. The van der Waals surface area contributed by atoms with Gasteiger partial charge in [0.15, 0.2) is 0 Å². The number of aromatic nitrogens is 2. The molecular weight excluding hydrogens is 161 g/mol. The molecule has 0 fully saturated rings. The smallest absolute Gasteiger partial charge is 0.285 e. The quantitative estimate of drug-likeness (QED) is 0.674. The van der Waals surface area contributed by atoms with Gasteiger partial charge in [-0.05, 0) is 7.05 Å². The summed E-state index contributed by atoms with van der Waals surface area (Å²) in [6, 6.07) is 0. The number of halogens is 1. The highest BCUT2D eigenvalue weighted by Crippen LogP contribution is 2.24. The Bertz CT molecular complexity index is 273. The molecule has 1 aliphatic heterocycles. The number of hydrogen-bond donors (Lipinski definition) is 1. The Hall–Kier alpha value is -1.10. The third kappa shape index (κ3) is 1.06. The van der Waals surface area contributed by atoms with E-state index in [1.54, 1.807) is 0 Å². The summed E-state index contributed by atoms with van der Waals surface area (Å²) in [6.07, 6.45) is 0.877. The largest absolute Gasteiger partial charge is 0.301 e. The molecule has 0 spiro atoms. The van der Waals surface area contributed by atoms with E-state index in [0.717, 1.165) is 24.2 Å². The average Bonchev–Trinajstić information content (AvgIpc) is 2.46. The van der Waals surface area contributed by atoms with Crippen molar-refractivity contribution in [3.8, 4) is 5.88 Å². The molecule has 0 saturated heterocycles. The van der Waals surface area contributed by atoms with Gasteiger partial charge in [0.25, 0.3) is 5.88 Å². The molecule has 66 valence electrons. The molecule has 0 unspecified atom stereocenters. The number of nitrogens with zero attached hydrogens (tertiary/aromatic N) is 2. The molecule has 0 bridgehead atoms. The zero-order chi connectivity index (χ0) is 8.55.